The highest BCUT2D eigenvalue weighted by Gasteiger charge is 2.14. The van der Waals surface area contributed by atoms with E-state index in [-0.39, 0.29) is 17.2 Å². The van der Waals surface area contributed by atoms with Crippen molar-refractivity contribution in [3.8, 4) is 5.69 Å². The molecule has 0 aliphatic carbocycles. The highest BCUT2D eigenvalue weighted by molar-refractivity contribution is 7.99. The number of thioether (sulfide) groups is 1. The molecular formula is C25H23N5O2S. The Balaban J connectivity index is 1.49. The summed E-state index contributed by atoms with van der Waals surface area (Å²) in [5, 5.41) is 5.01. The van der Waals surface area contributed by atoms with Crippen LogP contribution in [-0.4, -0.2) is 41.5 Å². The van der Waals surface area contributed by atoms with E-state index in [1.165, 1.54) is 16.3 Å². The van der Waals surface area contributed by atoms with Gasteiger partial charge in [-0.25, -0.2) is 10.4 Å². The maximum absolute atomic E-state index is 13.2. The zero-order valence-corrected chi connectivity index (χ0v) is 19.1. The summed E-state index contributed by atoms with van der Waals surface area (Å²) in [5.41, 5.74) is 5.61. The Hall–Kier alpha value is -3.91. The number of nitrogens with zero attached hydrogens (tertiary/aromatic N) is 4. The molecule has 0 unspecified atom stereocenters. The fraction of sp³-hybridized carbons (Fsp3) is 0.120. The molecule has 8 heteroatoms. The van der Waals surface area contributed by atoms with Crippen LogP contribution in [0.2, 0.25) is 0 Å². The second kappa shape index (κ2) is 10.1. The minimum atomic E-state index is -0.289. The molecule has 0 saturated carbocycles. The molecule has 1 aromatic heterocycles. The van der Waals surface area contributed by atoms with Crippen molar-refractivity contribution < 1.29 is 4.79 Å². The normalized spacial score (nSPS) is 11.1. The van der Waals surface area contributed by atoms with Crippen LogP contribution in [0.5, 0.6) is 0 Å². The van der Waals surface area contributed by atoms with Crippen LogP contribution >= 0.6 is 11.8 Å². The van der Waals surface area contributed by atoms with Gasteiger partial charge < -0.3 is 4.90 Å². The maximum Gasteiger partial charge on any atom is 0.266 e. The summed E-state index contributed by atoms with van der Waals surface area (Å²) in [6.45, 7) is 0. The lowest BCUT2D eigenvalue weighted by Gasteiger charge is -2.12. The maximum atomic E-state index is 13.2. The van der Waals surface area contributed by atoms with E-state index in [4.69, 9.17) is 0 Å². The largest absolute Gasteiger partial charge is 0.378 e. The topological polar surface area (TPSA) is 79.6 Å². The lowest BCUT2D eigenvalue weighted by atomic mass is 10.2. The predicted octanol–water partition coefficient (Wildman–Crippen LogP) is 3.69. The number of anilines is 1. The number of carbonyl (C=O) groups is 1. The van der Waals surface area contributed by atoms with Gasteiger partial charge in [0.05, 0.1) is 28.6 Å². The first-order valence-corrected chi connectivity index (χ1v) is 11.3. The Morgan fingerprint density at radius 3 is 2.45 bits per heavy atom. The Bertz CT molecular complexity index is 1350. The number of fused-ring (bicyclic) bond motifs is 1. The van der Waals surface area contributed by atoms with E-state index in [0.29, 0.717) is 21.7 Å². The van der Waals surface area contributed by atoms with Crippen molar-refractivity contribution in [1.82, 2.24) is 15.0 Å². The van der Waals surface area contributed by atoms with Gasteiger partial charge in [-0.15, -0.1) is 0 Å². The van der Waals surface area contributed by atoms with Gasteiger partial charge in [-0.2, -0.15) is 5.10 Å². The third-order valence-electron chi connectivity index (χ3n) is 4.90. The molecule has 0 fully saturated rings. The van der Waals surface area contributed by atoms with E-state index in [1.807, 2.05) is 85.7 Å². The molecule has 0 radical (unpaired) electrons. The minimum absolute atomic E-state index is 0.0640. The van der Waals surface area contributed by atoms with Gasteiger partial charge in [-0.05, 0) is 42.0 Å². The van der Waals surface area contributed by atoms with Gasteiger partial charge in [-0.3, -0.25) is 14.2 Å². The van der Waals surface area contributed by atoms with Crippen molar-refractivity contribution in [2.24, 2.45) is 5.10 Å². The van der Waals surface area contributed by atoms with Crippen LogP contribution < -0.4 is 15.9 Å². The average Bonchev–Trinajstić information content (AvgIpc) is 2.84. The number of hydrazone groups is 1. The summed E-state index contributed by atoms with van der Waals surface area (Å²) >= 11 is 1.19. The number of benzene rings is 3. The molecule has 4 aromatic rings. The zero-order valence-electron chi connectivity index (χ0n) is 18.3. The number of aromatic nitrogens is 2. The summed E-state index contributed by atoms with van der Waals surface area (Å²) in [4.78, 5) is 32.2. The lowest BCUT2D eigenvalue weighted by molar-refractivity contribution is -0.118. The number of carbonyl (C=O) groups excluding carboxylic acids is 1. The molecule has 33 heavy (non-hydrogen) atoms. The molecule has 1 N–H and O–H groups in total. The van der Waals surface area contributed by atoms with Gasteiger partial charge >= 0.3 is 0 Å². The lowest BCUT2D eigenvalue weighted by Crippen LogP contribution is -2.24. The number of amides is 1. The number of hydrogen-bond donors (Lipinski definition) is 1. The summed E-state index contributed by atoms with van der Waals surface area (Å²) in [6.07, 6.45) is 1.59. The summed E-state index contributed by atoms with van der Waals surface area (Å²) in [7, 11) is 3.95. The van der Waals surface area contributed by atoms with Crippen molar-refractivity contribution >= 4 is 40.5 Å². The number of para-hydroxylation sites is 2. The van der Waals surface area contributed by atoms with Gasteiger partial charge in [0.2, 0.25) is 0 Å². The molecule has 166 valence electrons. The monoisotopic (exact) mass is 457 g/mol. The van der Waals surface area contributed by atoms with Crippen molar-refractivity contribution in [2.75, 3.05) is 24.7 Å². The van der Waals surface area contributed by atoms with Crippen LogP contribution in [0.3, 0.4) is 0 Å². The number of hydrogen-bond acceptors (Lipinski definition) is 6. The van der Waals surface area contributed by atoms with E-state index < -0.39 is 0 Å². The fourth-order valence-electron chi connectivity index (χ4n) is 3.21. The first-order valence-electron chi connectivity index (χ1n) is 10.3. The Morgan fingerprint density at radius 1 is 1.03 bits per heavy atom. The molecule has 1 heterocycles. The third kappa shape index (κ3) is 5.30. The Morgan fingerprint density at radius 2 is 1.73 bits per heavy atom. The second-order valence-electron chi connectivity index (χ2n) is 7.46. The molecule has 3 aromatic carbocycles. The van der Waals surface area contributed by atoms with Crippen LogP contribution in [0.15, 0.2) is 93.9 Å². The van der Waals surface area contributed by atoms with Crippen LogP contribution in [0.25, 0.3) is 16.6 Å². The van der Waals surface area contributed by atoms with Crippen molar-refractivity contribution in [2.45, 2.75) is 5.16 Å². The molecule has 7 nitrogen and oxygen atoms in total. The SMILES string of the molecule is CN(C)c1ccc(/C=N\NC(=O)CSc2nc3ccccc3c(=O)n2-c2ccccc2)cc1. The predicted molar refractivity (Wildman–Crippen MR) is 135 cm³/mol. The molecule has 1 amide bonds. The molecule has 0 aliphatic rings. The van der Waals surface area contributed by atoms with E-state index >= 15 is 0 Å². The fourth-order valence-corrected chi connectivity index (χ4v) is 4.02. The standard InChI is InChI=1S/C25H23N5O2S/c1-29(2)19-14-12-18(13-15-19)16-26-28-23(31)17-33-25-27-22-11-7-6-10-21(22)24(32)30(25)20-8-4-3-5-9-20/h3-16H,17H2,1-2H3,(H,28,31)/b26-16-. The molecular weight excluding hydrogens is 434 g/mol. The van der Waals surface area contributed by atoms with Crippen LogP contribution in [0.1, 0.15) is 5.56 Å². The van der Waals surface area contributed by atoms with E-state index in [2.05, 4.69) is 15.5 Å². The molecule has 0 bridgehead atoms. The van der Waals surface area contributed by atoms with Crippen molar-refractivity contribution in [3.05, 3.63) is 94.8 Å². The minimum Gasteiger partial charge on any atom is -0.378 e. The van der Waals surface area contributed by atoms with Gasteiger partial charge in [-0.1, -0.05) is 54.2 Å². The average molecular weight is 458 g/mol. The van der Waals surface area contributed by atoms with Gasteiger partial charge in [0, 0.05) is 19.8 Å². The van der Waals surface area contributed by atoms with Gasteiger partial charge in [0.15, 0.2) is 5.16 Å². The highest BCUT2D eigenvalue weighted by Crippen LogP contribution is 2.21. The Kier molecular flexibility index (Phi) is 6.85. The van der Waals surface area contributed by atoms with E-state index in [1.54, 1.807) is 18.3 Å². The highest BCUT2D eigenvalue weighted by atomic mass is 32.2. The van der Waals surface area contributed by atoms with Gasteiger partial charge in [0.25, 0.3) is 11.5 Å². The molecule has 0 spiro atoms. The van der Waals surface area contributed by atoms with E-state index in [0.717, 1.165) is 11.3 Å². The van der Waals surface area contributed by atoms with Gasteiger partial charge in [0.1, 0.15) is 0 Å². The smallest absolute Gasteiger partial charge is 0.266 e. The molecule has 4 rings (SSSR count). The summed E-state index contributed by atoms with van der Waals surface area (Å²) in [5.74, 6) is -0.225. The summed E-state index contributed by atoms with van der Waals surface area (Å²) < 4.78 is 1.54. The van der Waals surface area contributed by atoms with Crippen LogP contribution in [0, 0.1) is 0 Å². The zero-order chi connectivity index (χ0) is 23.2. The molecule has 0 saturated heterocycles. The Labute approximate surface area is 195 Å². The first-order chi connectivity index (χ1) is 16.0. The van der Waals surface area contributed by atoms with E-state index in [9.17, 15) is 9.59 Å². The van der Waals surface area contributed by atoms with Crippen molar-refractivity contribution in [3.63, 3.8) is 0 Å². The van der Waals surface area contributed by atoms with Crippen LogP contribution in [0.4, 0.5) is 5.69 Å². The summed E-state index contributed by atoms with van der Waals surface area (Å²) in [6, 6.07) is 24.3. The second-order valence-corrected chi connectivity index (χ2v) is 8.40. The molecule has 0 atom stereocenters. The number of nitrogens with one attached hydrogen (secondary N) is 1. The molecule has 0 aliphatic heterocycles. The third-order valence-corrected chi connectivity index (χ3v) is 5.84. The van der Waals surface area contributed by atoms with Crippen molar-refractivity contribution in [1.29, 1.82) is 0 Å². The quantitative estimate of drug-likeness (QED) is 0.198. The number of rotatable bonds is 7. The van der Waals surface area contributed by atoms with Crippen LogP contribution in [-0.2, 0) is 4.79 Å². The first kappa shape index (κ1) is 22.3.